The lowest BCUT2D eigenvalue weighted by Gasteiger charge is -2.09. The Morgan fingerprint density at radius 3 is 2.65 bits per heavy atom. The lowest BCUT2D eigenvalue weighted by Crippen LogP contribution is -2.40. The maximum atomic E-state index is 11.3. The maximum Gasteiger partial charge on any atom is 0.421 e. The van der Waals surface area contributed by atoms with E-state index in [9.17, 15) is 13.2 Å². The van der Waals surface area contributed by atoms with Crippen LogP contribution in [0.5, 0.6) is 0 Å². The summed E-state index contributed by atoms with van der Waals surface area (Å²) in [6.07, 6.45) is 0.665. The Bertz CT molecular complexity index is 321. The molecule has 0 aliphatic heterocycles. The van der Waals surface area contributed by atoms with Crippen molar-refractivity contribution in [1.29, 1.82) is 0 Å². The molecular weight excluding hydrogens is 312 g/mol. The zero-order valence-electron chi connectivity index (χ0n) is 10.0. The molecule has 0 aliphatic rings. The van der Waals surface area contributed by atoms with Gasteiger partial charge in [0.05, 0.1) is 6.61 Å². The summed E-state index contributed by atoms with van der Waals surface area (Å²) >= 11 is 3.34. The number of halogens is 1. The van der Waals surface area contributed by atoms with Crippen LogP contribution in [0.4, 0.5) is 4.79 Å². The highest BCUT2D eigenvalue weighted by molar-refractivity contribution is 9.09. The number of hydrogen-bond donors (Lipinski definition) is 2. The molecule has 0 aromatic rings. The molecule has 6 nitrogen and oxygen atoms in total. The van der Waals surface area contributed by atoms with E-state index in [0.717, 1.165) is 18.2 Å². The predicted octanol–water partition coefficient (Wildman–Crippen LogP) is 1.38. The molecule has 17 heavy (non-hydrogen) atoms. The number of carbonyl (C=O) groups excluding carboxylic acids is 1. The van der Waals surface area contributed by atoms with E-state index in [-0.39, 0.29) is 6.61 Å². The summed E-state index contributed by atoms with van der Waals surface area (Å²) < 4.78 is 31.1. The fraction of sp³-hybridized carbons (Fsp3) is 0.889. The van der Waals surface area contributed by atoms with Crippen LogP contribution < -0.4 is 9.44 Å². The first-order valence-corrected chi connectivity index (χ1v) is 8.01. The molecule has 102 valence electrons. The molecule has 0 fully saturated rings. The Morgan fingerprint density at radius 1 is 1.47 bits per heavy atom. The molecule has 0 aliphatic carbocycles. The first-order chi connectivity index (χ1) is 7.91. The van der Waals surface area contributed by atoms with Crippen molar-refractivity contribution >= 4 is 32.2 Å². The van der Waals surface area contributed by atoms with Gasteiger partial charge >= 0.3 is 16.3 Å². The van der Waals surface area contributed by atoms with Gasteiger partial charge in [-0.05, 0) is 25.7 Å². The molecule has 8 heteroatoms. The van der Waals surface area contributed by atoms with Crippen molar-refractivity contribution in [3.63, 3.8) is 0 Å². The zero-order chi connectivity index (χ0) is 13.3. The Kier molecular flexibility index (Phi) is 8.53. The van der Waals surface area contributed by atoms with Crippen LogP contribution in [0, 0.1) is 5.92 Å². The summed E-state index contributed by atoms with van der Waals surface area (Å²) in [5, 5.41) is 0.890. The molecule has 0 saturated carbocycles. The molecule has 0 heterocycles. The summed E-state index contributed by atoms with van der Waals surface area (Å²) in [5.41, 5.74) is 0. The summed E-state index contributed by atoms with van der Waals surface area (Å²) in [7, 11) is -3.79. The van der Waals surface area contributed by atoms with Crippen LogP contribution in [0.1, 0.15) is 26.7 Å². The van der Waals surface area contributed by atoms with Gasteiger partial charge in [-0.1, -0.05) is 22.9 Å². The third kappa shape index (κ3) is 9.37. The smallest absolute Gasteiger partial charge is 0.421 e. The standard InChI is InChI=1S/C9H19BrN2O4S/c1-3-16-9(13)12-17(14,15)11-6-4-5-8(2)7-10/h8,11H,3-7H2,1-2H3,(H,12,13). The van der Waals surface area contributed by atoms with Gasteiger partial charge in [-0.15, -0.1) is 0 Å². The molecule has 0 saturated heterocycles. The minimum absolute atomic E-state index is 0.129. The number of amides is 1. The van der Waals surface area contributed by atoms with E-state index in [2.05, 4.69) is 32.3 Å². The van der Waals surface area contributed by atoms with E-state index in [1.165, 1.54) is 0 Å². The minimum atomic E-state index is -3.79. The first-order valence-electron chi connectivity index (χ1n) is 5.41. The number of ether oxygens (including phenoxy) is 1. The Balaban J connectivity index is 3.83. The summed E-state index contributed by atoms with van der Waals surface area (Å²) in [6, 6.07) is 0. The van der Waals surface area contributed by atoms with Gasteiger partial charge in [0.25, 0.3) is 0 Å². The second-order valence-electron chi connectivity index (χ2n) is 3.62. The first kappa shape index (κ1) is 16.7. The average molecular weight is 331 g/mol. The van der Waals surface area contributed by atoms with Crippen molar-refractivity contribution < 1.29 is 17.9 Å². The van der Waals surface area contributed by atoms with E-state index in [1.807, 2.05) is 0 Å². The fourth-order valence-electron chi connectivity index (χ4n) is 1.04. The van der Waals surface area contributed by atoms with Gasteiger partial charge in [0.2, 0.25) is 0 Å². The van der Waals surface area contributed by atoms with Crippen molar-refractivity contribution in [2.24, 2.45) is 5.92 Å². The second-order valence-corrected chi connectivity index (χ2v) is 5.77. The van der Waals surface area contributed by atoms with Crippen LogP contribution in [0.2, 0.25) is 0 Å². The summed E-state index contributed by atoms with van der Waals surface area (Å²) in [5.74, 6) is 0.498. The van der Waals surface area contributed by atoms with Gasteiger partial charge in [0.15, 0.2) is 0 Å². The van der Waals surface area contributed by atoms with E-state index in [1.54, 1.807) is 11.6 Å². The van der Waals surface area contributed by atoms with Gasteiger partial charge in [-0.3, -0.25) is 0 Å². The Hall–Kier alpha value is -0.340. The van der Waals surface area contributed by atoms with E-state index < -0.39 is 16.3 Å². The van der Waals surface area contributed by atoms with Crippen molar-refractivity contribution in [3.05, 3.63) is 0 Å². The topological polar surface area (TPSA) is 84.5 Å². The number of nitrogens with one attached hydrogen (secondary N) is 2. The van der Waals surface area contributed by atoms with Crippen molar-refractivity contribution in [3.8, 4) is 0 Å². The predicted molar refractivity (Wildman–Crippen MR) is 69.3 cm³/mol. The van der Waals surface area contributed by atoms with Crippen LogP contribution >= 0.6 is 15.9 Å². The van der Waals surface area contributed by atoms with Crippen LogP contribution in [-0.4, -0.2) is 33.0 Å². The molecule has 1 unspecified atom stereocenters. The van der Waals surface area contributed by atoms with Crippen LogP contribution in [0.15, 0.2) is 0 Å². The van der Waals surface area contributed by atoms with Crippen LogP contribution in [0.25, 0.3) is 0 Å². The third-order valence-electron chi connectivity index (χ3n) is 1.92. The maximum absolute atomic E-state index is 11.3. The zero-order valence-corrected chi connectivity index (χ0v) is 12.4. The molecule has 1 atom stereocenters. The van der Waals surface area contributed by atoms with Crippen molar-refractivity contribution in [1.82, 2.24) is 9.44 Å². The summed E-state index contributed by atoms with van der Waals surface area (Å²) in [6.45, 7) is 4.09. The lowest BCUT2D eigenvalue weighted by molar-refractivity contribution is 0.158. The molecule has 2 N–H and O–H groups in total. The largest absolute Gasteiger partial charge is 0.449 e. The molecule has 1 amide bonds. The number of rotatable bonds is 8. The lowest BCUT2D eigenvalue weighted by atomic mass is 10.1. The summed E-state index contributed by atoms with van der Waals surface area (Å²) in [4.78, 5) is 10.9. The number of carbonyl (C=O) groups is 1. The molecular formula is C9H19BrN2O4S. The molecule has 0 aromatic carbocycles. The quantitative estimate of drug-likeness (QED) is 0.520. The molecule has 0 bridgehead atoms. The van der Waals surface area contributed by atoms with Crippen molar-refractivity contribution in [2.45, 2.75) is 26.7 Å². The van der Waals surface area contributed by atoms with E-state index in [4.69, 9.17) is 0 Å². The highest BCUT2D eigenvalue weighted by Crippen LogP contribution is 2.07. The Labute approximate surface area is 111 Å². The Morgan fingerprint density at radius 2 is 2.12 bits per heavy atom. The second kappa shape index (κ2) is 8.71. The van der Waals surface area contributed by atoms with Gasteiger partial charge in [-0.2, -0.15) is 13.1 Å². The molecule has 0 spiro atoms. The monoisotopic (exact) mass is 330 g/mol. The van der Waals surface area contributed by atoms with Gasteiger partial charge in [-0.25, -0.2) is 9.52 Å². The van der Waals surface area contributed by atoms with Crippen LogP contribution in [-0.2, 0) is 14.9 Å². The molecule has 0 aromatic heterocycles. The average Bonchev–Trinajstić information content (AvgIpc) is 2.23. The molecule has 0 radical (unpaired) electrons. The van der Waals surface area contributed by atoms with Gasteiger partial charge in [0.1, 0.15) is 0 Å². The molecule has 0 rings (SSSR count). The highest BCUT2D eigenvalue weighted by Gasteiger charge is 2.13. The highest BCUT2D eigenvalue weighted by atomic mass is 79.9. The van der Waals surface area contributed by atoms with Gasteiger partial charge < -0.3 is 4.74 Å². The SMILES string of the molecule is CCOC(=O)NS(=O)(=O)NCCCC(C)CBr. The number of hydrogen-bond acceptors (Lipinski definition) is 4. The van der Waals surface area contributed by atoms with Crippen LogP contribution in [0.3, 0.4) is 0 Å². The normalized spacial score (nSPS) is 13.1. The third-order valence-corrected chi connectivity index (χ3v) is 4.05. The minimum Gasteiger partial charge on any atom is -0.449 e. The number of alkyl halides is 1. The fourth-order valence-corrected chi connectivity index (χ4v) is 2.13. The van der Waals surface area contributed by atoms with Crippen molar-refractivity contribution in [2.75, 3.05) is 18.5 Å². The van der Waals surface area contributed by atoms with E-state index >= 15 is 0 Å². The van der Waals surface area contributed by atoms with Gasteiger partial charge in [0, 0.05) is 11.9 Å². The van der Waals surface area contributed by atoms with E-state index in [0.29, 0.717) is 12.5 Å².